The van der Waals surface area contributed by atoms with Gasteiger partial charge in [-0.3, -0.25) is 0 Å². The first-order valence-electron chi connectivity index (χ1n) is 8.39. The fourth-order valence-electron chi connectivity index (χ4n) is 3.79. The Morgan fingerprint density at radius 1 is 0.783 bits per heavy atom. The monoisotopic (exact) mass is 304 g/mol. The summed E-state index contributed by atoms with van der Waals surface area (Å²) >= 11 is 0. The molecule has 1 saturated carbocycles. The summed E-state index contributed by atoms with van der Waals surface area (Å²) in [5.74, 6) is 0.844. The molecule has 0 atom stereocenters. The van der Waals surface area contributed by atoms with Gasteiger partial charge in [0.15, 0.2) is 0 Å². The van der Waals surface area contributed by atoms with Crippen LogP contribution in [0.25, 0.3) is 6.08 Å². The van der Waals surface area contributed by atoms with Crippen LogP contribution in [0.4, 0.5) is 0 Å². The largest absolute Gasteiger partial charge is 0.466 e. The second-order valence-corrected chi connectivity index (χ2v) is 6.28. The predicted molar refractivity (Wildman–Crippen MR) is 97.7 cm³/mol. The van der Waals surface area contributed by atoms with Crippen LogP contribution in [0.5, 0.6) is 5.75 Å². The van der Waals surface area contributed by atoms with E-state index in [0.717, 1.165) is 5.75 Å². The number of benzene rings is 2. The van der Waals surface area contributed by atoms with E-state index in [1.807, 2.05) is 18.2 Å². The molecule has 1 fully saturated rings. The van der Waals surface area contributed by atoms with Crippen molar-refractivity contribution in [3.63, 3.8) is 0 Å². The highest BCUT2D eigenvalue weighted by Crippen LogP contribution is 2.45. The third kappa shape index (κ3) is 3.10. The third-order valence-electron chi connectivity index (χ3n) is 5.03. The lowest BCUT2D eigenvalue weighted by Gasteiger charge is -2.38. The molecule has 3 rings (SSSR count). The van der Waals surface area contributed by atoms with E-state index in [0.29, 0.717) is 0 Å². The minimum atomic E-state index is 0.130. The molecule has 0 aliphatic heterocycles. The molecule has 0 spiro atoms. The van der Waals surface area contributed by atoms with Gasteiger partial charge < -0.3 is 4.74 Å². The van der Waals surface area contributed by atoms with E-state index in [4.69, 9.17) is 4.74 Å². The van der Waals surface area contributed by atoms with E-state index in [1.165, 1.54) is 55.1 Å². The van der Waals surface area contributed by atoms with Crippen molar-refractivity contribution in [2.45, 2.75) is 37.5 Å². The second kappa shape index (κ2) is 6.87. The van der Waals surface area contributed by atoms with E-state index in [1.54, 1.807) is 0 Å². The van der Waals surface area contributed by atoms with E-state index >= 15 is 0 Å². The third-order valence-corrected chi connectivity index (χ3v) is 5.03. The van der Waals surface area contributed by atoms with Crippen LogP contribution in [0.1, 0.15) is 48.8 Å². The molecule has 0 N–H and O–H groups in total. The van der Waals surface area contributed by atoms with Crippen LogP contribution in [0.2, 0.25) is 0 Å². The molecular formula is C22H24O. The van der Waals surface area contributed by atoms with Gasteiger partial charge in [-0.1, -0.05) is 74.9 Å². The minimum absolute atomic E-state index is 0.130. The zero-order chi connectivity index (χ0) is 16.1. The molecule has 0 saturated heterocycles. The first-order valence-corrected chi connectivity index (χ1v) is 8.39. The summed E-state index contributed by atoms with van der Waals surface area (Å²) in [6.07, 6.45) is 9.70. The van der Waals surface area contributed by atoms with E-state index in [-0.39, 0.29) is 5.41 Å². The van der Waals surface area contributed by atoms with Crippen molar-refractivity contribution in [2.75, 3.05) is 0 Å². The van der Waals surface area contributed by atoms with Gasteiger partial charge >= 0.3 is 0 Å². The Morgan fingerprint density at radius 3 is 1.87 bits per heavy atom. The summed E-state index contributed by atoms with van der Waals surface area (Å²) < 4.78 is 5.37. The van der Waals surface area contributed by atoms with Gasteiger partial charge in [0.1, 0.15) is 5.75 Å². The number of hydrogen-bond donors (Lipinski definition) is 0. The van der Waals surface area contributed by atoms with Gasteiger partial charge in [0.2, 0.25) is 0 Å². The zero-order valence-corrected chi connectivity index (χ0v) is 13.6. The molecule has 0 bridgehead atoms. The van der Waals surface area contributed by atoms with Gasteiger partial charge in [0.05, 0.1) is 6.26 Å². The van der Waals surface area contributed by atoms with Crippen LogP contribution in [-0.4, -0.2) is 0 Å². The summed E-state index contributed by atoms with van der Waals surface area (Å²) in [5, 5.41) is 0. The van der Waals surface area contributed by atoms with Crippen molar-refractivity contribution in [3.05, 3.63) is 84.6 Å². The summed E-state index contributed by atoms with van der Waals surface area (Å²) in [4.78, 5) is 0. The number of hydrogen-bond acceptors (Lipinski definition) is 1. The van der Waals surface area contributed by atoms with E-state index < -0.39 is 0 Å². The smallest absolute Gasteiger partial charge is 0.126 e. The molecule has 0 radical (unpaired) electrons. The maximum atomic E-state index is 5.37. The molecule has 1 aliphatic rings. The average Bonchev–Trinajstić information content (AvgIpc) is 2.63. The molecular weight excluding hydrogens is 280 g/mol. The van der Waals surface area contributed by atoms with Gasteiger partial charge in [-0.15, -0.1) is 0 Å². The van der Waals surface area contributed by atoms with E-state index in [2.05, 4.69) is 49.6 Å². The standard InChI is InChI=1S/C22H24O/c1-3-18-8-10-19(11-9-18)22(16-6-5-7-17-22)20-12-14-21(15-13-20)23-4-2/h3-4,8-15H,1-2,5-7,16-17H2. The van der Waals surface area contributed by atoms with Gasteiger partial charge in [0, 0.05) is 5.41 Å². The first-order chi connectivity index (χ1) is 11.3. The highest BCUT2D eigenvalue weighted by atomic mass is 16.5. The average molecular weight is 304 g/mol. The predicted octanol–water partition coefficient (Wildman–Crippen LogP) is 6.10. The van der Waals surface area contributed by atoms with Gasteiger partial charge in [-0.25, -0.2) is 0 Å². The Kier molecular flexibility index (Phi) is 4.66. The molecule has 2 aromatic rings. The fraction of sp³-hybridized carbons (Fsp3) is 0.273. The number of ether oxygens (including phenoxy) is 1. The van der Waals surface area contributed by atoms with Gasteiger partial charge in [0.25, 0.3) is 0 Å². The maximum Gasteiger partial charge on any atom is 0.126 e. The molecule has 1 aliphatic carbocycles. The molecule has 0 amide bonds. The molecule has 0 heterocycles. The van der Waals surface area contributed by atoms with Crippen molar-refractivity contribution in [1.82, 2.24) is 0 Å². The lowest BCUT2D eigenvalue weighted by atomic mass is 9.65. The van der Waals surface area contributed by atoms with Crippen molar-refractivity contribution in [1.29, 1.82) is 0 Å². The maximum absolute atomic E-state index is 5.37. The van der Waals surface area contributed by atoms with Crippen LogP contribution < -0.4 is 4.74 Å². The van der Waals surface area contributed by atoms with Crippen molar-refractivity contribution in [2.24, 2.45) is 0 Å². The lowest BCUT2D eigenvalue weighted by molar-refractivity contribution is 0.345. The van der Waals surface area contributed by atoms with Crippen LogP contribution in [0, 0.1) is 0 Å². The molecule has 0 unspecified atom stereocenters. The van der Waals surface area contributed by atoms with Crippen LogP contribution in [0.3, 0.4) is 0 Å². The fourth-order valence-corrected chi connectivity index (χ4v) is 3.79. The highest BCUT2D eigenvalue weighted by molar-refractivity contribution is 5.50. The SMILES string of the molecule is C=COc1ccc(C2(c3ccc(C=C)cc3)CCCCC2)cc1. The highest BCUT2D eigenvalue weighted by Gasteiger charge is 2.35. The van der Waals surface area contributed by atoms with Crippen LogP contribution in [-0.2, 0) is 5.41 Å². The first kappa shape index (κ1) is 15.6. The van der Waals surface area contributed by atoms with Gasteiger partial charge in [-0.2, -0.15) is 0 Å². The normalized spacial score (nSPS) is 16.5. The second-order valence-electron chi connectivity index (χ2n) is 6.28. The molecule has 0 aromatic heterocycles. The minimum Gasteiger partial charge on any atom is -0.466 e. The molecule has 118 valence electrons. The Balaban J connectivity index is 2.01. The van der Waals surface area contributed by atoms with Gasteiger partial charge in [-0.05, 0) is 41.7 Å². The molecule has 1 heteroatoms. The lowest BCUT2D eigenvalue weighted by Crippen LogP contribution is -2.30. The Bertz CT molecular complexity index is 658. The summed E-state index contributed by atoms with van der Waals surface area (Å²) in [7, 11) is 0. The molecule has 1 nitrogen and oxygen atoms in total. The molecule has 23 heavy (non-hydrogen) atoms. The topological polar surface area (TPSA) is 9.23 Å². The van der Waals surface area contributed by atoms with Crippen molar-refractivity contribution >= 4 is 6.08 Å². The summed E-state index contributed by atoms with van der Waals surface area (Å²) in [6.45, 7) is 7.47. The summed E-state index contributed by atoms with van der Waals surface area (Å²) in [6, 6.07) is 17.4. The Hall–Kier alpha value is -2.28. The molecule has 2 aromatic carbocycles. The Labute approximate surface area is 139 Å². The van der Waals surface area contributed by atoms with Crippen LogP contribution >= 0.6 is 0 Å². The zero-order valence-electron chi connectivity index (χ0n) is 13.6. The van der Waals surface area contributed by atoms with Crippen molar-refractivity contribution < 1.29 is 4.74 Å². The summed E-state index contributed by atoms with van der Waals surface area (Å²) in [5.41, 5.74) is 4.11. The van der Waals surface area contributed by atoms with E-state index in [9.17, 15) is 0 Å². The van der Waals surface area contributed by atoms with Crippen LogP contribution in [0.15, 0.2) is 68.0 Å². The quantitative estimate of drug-likeness (QED) is 0.606. The number of rotatable bonds is 5. The van der Waals surface area contributed by atoms with Crippen molar-refractivity contribution in [3.8, 4) is 5.75 Å². The Morgan fingerprint density at radius 2 is 1.35 bits per heavy atom.